The maximum atomic E-state index is 9.77. The maximum Gasteiger partial charge on any atom is 0.317 e. The molecule has 0 aliphatic carbocycles. The lowest BCUT2D eigenvalue weighted by Gasteiger charge is -2.01. The third-order valence-electron chi connectivity index (χ3n) is 2.68. The second-order valence-electron chi connectivity index (χ2n) is 8.97. The van der Waals surface area contributed by atoms with Crippen molar-refractivity contribution in [3.8, 4) is 0 Å². The third-order valence-corrected chi connectivity index (χ3v) is 2.68. The van der Waals surface area contributed by atoms with Gasteiger partial charge in [0.1, 0.15) is 25.0 Å². The van der Waals surface area contributed by atoms with Gasteiger partial charge in [0.2, 0.25) is 0 Å². The molecule has 0 fully saturated rings. The van der Waals surface area contributed by atoms with Gasteiger partial charge in [-0.15, -0.1) is 0 Å². The molecule has 41 heavy (non-hydrogen) atoms. The summed E-state index contributed by atoms with van der Waals surface area (Å²) >= 11 is 0. The fourth-order valence-corrected chi connectivity index (χ4v) is 1.57. The van der Waals surface area contributed by atoms with Gasteiger partial charge in [0.15, 0.2) is 0 Å². The van der Waals surface area contributed by atoms with Gasteiger partial charge in [-0.25, -0.2) is 0 Å². The summed E-state index contributed by atoms with van der Waals surface area (Å²) in [6.45, 7) is 0.556. The molecule has 0 saturated heterocycles. The number of carboxylic acids is 5. The number of likely N-dealkylation sites (N-methyl/N-ethyl adjacent to an activating group) is 5. The van der Waals surface area contributed by atoms with Crippen LogP contribution in [0.5, 0.6) is 0 Å². The van der Waals surface area contributed by atoms with Gasteiger partial charge in [0.05, 0.1) is 32.7 Å². The molecule has 1 aliphatic rings. The molecule has 17 nitrogen and oxygen atoms in total. The van der Waals surface area contributed by atoms with Crippen molar-refractivity contribution in [1.82, 2.24) is 24.5 Å². The SMILES string of the molecule is C1=COC=CO1.CN(C)CC(=O)O.CN(C)CC(=O)O.CN(C)CC(=O)O.CN(C)CC(=O)O.CN(C)CC(=O)O. The summed E-state index contributed by atoms with van der Waals surface area (Å²) in [5.41, 5.74) is 0. The van der Waals surface area contributed by atoms with Crippen molar-refractivity contribution in [2.45, 2.75) is 0 Å². The Balaban J connectivity index is -0.000000126. The molecular weight excluding hydrogens is 550 g/mol. The molecule has 0 amide bonds. The topological polar surface area (TPSA) is 221 Å². The van der Waals surface area contributed by atoms with Crippen LogP contribution in [0.3, 0.4) is 0 Å². The van der Waals surface area contributed by atoms with E-state index in [4.69, 9.17) is 25.5 Å². The van der Waals surface area contributed by atoms with Crippen LogP contribution in [0.4, 0.5) is 0 Å². The van der Waals surface area contributed by atoms with E-state index in [-0.39, 0.29) is 32.7 Å². The lowest BCUT2D eigenvalue weighted by atomic mass is 10.6. The molecule has 0 aromatic rings. The molecule has 242 valence electrons. The first-order chi connectivity index (χ1) is 18.6. The zero-order valence-corrected chi connectivity index (χ0v) is 25.7. The monoisotopic (exact) mass is 599 g/mol. The van der Waals surface area contributed by atoms with E-state index in [9.17, 15) is 24.0 Å². The molecule has 1 aliphatic heterocycles. The van der Waals surface area contributed by atoms with Gasteiger partial charge in [-0.05, 0) is 70.5 Å². The standard InChI is InChI=1S/5C4H9NO2.C4H4O2/c5*1-5(2)3-4(6)7;1-2-6-4-3-5-1/h5*3H2,1-2H3,(H,6,7);1-4H. The minimum atomic E-state index is -0.787. The third kappa shape index (κ3) is 85.9. The van der Waals surface area contributed by atoms with Crippen molar-refractivity contribution < 1.29 is 59.0 Å². The molecule has 0 spiro atoms. The first kappa shape index (κ1) is 47.0. The fourth-order valence-electron chi connectivity index (χ4n) is 1.57. The van der Waals surface area contributed by atoms with E-state index in [1.807, 2.05) is 0 Å². The summed E-state index contributed by atoms with van der Waals surface area (Å²) in [7, 11) is 17.2. The van der Waals surface area contributed by atoms with Gasteiger partial charge >= 0.3 is 29.8 Å². The Kier molecular flexibility index (Phi) is 37.2. The van der Waals surface area contributed by atoms with Crippen LogP contribution in [-0.4, -0.2) is 183 Å². The number of carboxylic acid groups (broad SMARTS) is 5. The molecule has 0 aromatic heterocycles. The Hall–Kier alpha value is -3.77. The van der Waals surface area contributed by atoms with Gasteiger partial charge in [0.25, 0.3) is 0 Å². The van der Waals surface area contributed by atoms with Crippen LogP contribution in [0, 0.1) is 0 Å². The molecule has 0 atom stereocenters. The van der Waals surface area contributed by atoms with Crippen LogP contribution >= 0.6 is 0 Å². The molecule has 0 unspecified atom stereocenters. The molecule has 5 N–H and O–H groups in total. The van der Waals surface area contributed by atoms with E-state index in [0.717, 1.165) is 0 Å². The number of nitrogens with zero attached hydrogens (tertiary/aromatic N) is 5. The number of rotatable bonds is 10. The van der Waals surface area contributed by atoms with E-state index in [0.29, 0.717) is 0 Å². The van der Waals surface area contributed by atoms with Crippen LogP contribution in [0.2, 0.25) is 0 Å². The van der Waals surface area contributed by atoms with Gasteiger partial charge in [0, 0.05) is 0 Å². The van der Waals surface area contributed by atoms with Crippen molar-refractivity contribution in [3.05, 3.63) is 25.0 Å². The Morgan fingerprint density at radius 2 is 0.512 bits per heavy atom. The minimum absolute atomic E-state index is 0.111. The Labute approximate surface area is 242 Å². The number of hydrogen-bond donors (Lipinski definition) is 5. The highest BCUT2D eigenvalue weighted by atomic mass is 16.5. The number of aliphatic carboxylic acids is 5. The first-order valence-electron chi connectivity index (χ1n) is 11.6. The molecule has 17 heteroatoms. The summed E-state index contributed by atoms with van der Waals surface area (Å²) in [5, 5.41) is 40.2. The van der Waals surface area contributed by atoms with Crippen molar-refractivity contribution in [2.24, 2.45) is 0 Å². The molecule has 1 rings (SSSR count). The Morgan fingerprint density at radius 1 is 0.390 bits per heavy atom. The van der Waals surface area contributed by atoms with Crippen molar-refractivity contribution in [2.75, 3.05) is 103 Å². The van der Waals surface area contributed by atoms with Gasteiger partial charge in [-0.3, -0.25) is 48.5 Å². The predicted octanol–water partition coefficient (Wildman–Crippen LogP) is -0.861. The average Bonchev–Trinajstić information content (AvgIpc) is 2.72. The fraction of sp³-hybridized carbons (Fsp3) is 0.625. The van der Waals surface area contributed by atoms with Gasteiger partial charge in [-0.1, -0.05) is 0 Å². The molecule has 1 heterocycles. The van der Waals surface area contributed by atoms with Gasteiger partial charge < -0.3 is 35.0 Å². The summed E-state index contributed by atoms with van der Waals surface area (Å²) in [4.78, 5) is 56.8. The Bertz CT molecular complexity index is 619. The van der Waals surface area contributed by atoms with Crippen LogP contribution < -0.4 is 0 Å². The smallest absolute Gasteiger partial charge is 0.317 e. The zero-order chi connectivity index (χ0) is 33.6. The second kappa shape index (κ2) is 32.4. The highest BCUT2D eigenvalue weighted by molar-refractivity contribution is 5.70. The predicted molar refractivity (Wildman–Crippen MR) is 151 cm³/mol. The largest absolute Gasteiger partial charge is 0.480 e. The number of carbonyl (C=O) groups is 5. The van der Waals surface area contributed by atoms with E-state index in [1.54, 1.807) is 95.0 Å². The van der Waals surface area contributed by atoms with Crippen LogP contribution in [-0.2, 0) is 33.4 Å². The molecule has 0 saturated carbocycles. The second-order valence-corrected chi connectivity index (χ2v) is 8.97. The van der Waals surface area contributed by atoms with E-state index < -0.39 is 29.8 Å². The summed E-state index contributed by atoms with van der Waals surface area (Å²) < 4.78 is 9.17. The quantitative estimate of drug-likeness (QED) is 0.206. The van der Waals surface area contributed by atoms with Crippen LogP contribution in [0.25, 0.3) is 0 Å². The summed E-state index contributed by atoms with van der Waals surface area (Å²) in [5.74, 6) is -3.94. The van der Waals surface area contributed by atoms with Crippen molar-refractivity contribution in [1.29, 1.82) is 0 Å². The summed E-state index contributed by atoms with van der Waals surface area (Å²) in [6, 6.07) is 0. The molecular formula is C24H49N5O12. The lowest BCUT2D eigenvalue weighted by molar-refractivity contribution is -0.138. The molecule has 0 aromatic carbocycles. The van der Waals surface area contributed by atoms with Crippen molar-refractivity contribution in [3.63, 3.8) is 0 Å². The van der Waals surface area contributed by atoms with Crippen LogP contribution in [0.1, 0.15) is 0 Å². The van der Waals surface area contributed by atoms with E-state index >= 15 is 0 Å². The van der Waals surface area contributed by atoms with Crippen LogP contribution in [0.15, 0.2) is 25.0 Å². The van der Waals surface area contributed by atoms with Crippen molar-refractivity contribution >= 4 is 29.8 Å². The van der Waals surface area contributed by atoms with E-state index in [1.165, 1.54) is 25.0 Å². The molecule has 0 bridgehead atoms. The average molecular weight is 600 g/mol. The Morgan fingerprint density at radius 3 is 0.537 bits per heavy atom. The number of ether oxygens (including phenoxy) is 2. The lowest BCUT2D eigenvalue weighted by Crippen LogP contribution is -2.20. The molecule has 0 radical (unpaired) electrons. The highest BCUT2D eigenvalue weighted by Gasteiger charge is 1.97. The minimum Gasteiger partial charge on any atom is -0.480 e. The number of hydrogen-bond acceptors (Lipinski definition) is 12. The zero-order valence-electron chi connectivity index (χ0n) is 25.7. The summed E-state index contributed by atoms with van der Waals surface area (Å²) in [6.07, 6.45) is 5.83. The highest BCUT2D eigenvalue weighted by Crippen LogP contribution is 1.89. The van der Waals surface area contributed by atoms with E-state index in [2.05, 4.69) is 9.47 Å². The first-order valence-corrected chi connectivity index (χ1v) is 11.6. The van der Waals surface area contributed by atoms with Gasteiger partial charge in [-0.2, -0.15) is 0 Å². The maximum absolute atomic E-state index is 9.77. The normalized spacial score (nSPS) is 10.5.